The predicted octanol–water partition coefficient (Wildman–Crippen LogP) is 1.99. The maximum Gasteiger partial charge on any atom is 0.416 e. The molecule has 20 heavy (non-hydrogen) atoms. The van der Waals surface area contributed by atoms with Crippen molar-refractivity contribution in [3.63, 3.8) is 0 Å². The average Bonchev–Trinajstić information content (AvgIpc) is 2.85. The Balaban J connectivity index is 2.00. The fourth-order valence-corrected chi connectivity index (χ4v) is 2.05. The van der Waals surface area contributed by atoms with Crippen LogP contribution in [0.5, 0.6) is 5.75 Å². The first-order valence-electron chi connectivity index (χ1n) is 6.05. The molecule has 1 aromatic carbocycles. The molecule has 2 rings (SSSR count). The van der Waals surface area contributed by atoms with Gasteiger partial charge in [-0.25, -0.2) is 0 Å². The van der Waals surface area contributed by atoms with Gasteiger partial charge < -0.3 is 14.8 Å². The highest BCUT2D eigenvalue weighted by atomic mass is 19.4. The second-order valence-corrected chi connectivity index (χ2v) is 4.49. The van der Waals surface area contributed by atoms with Crippen molar-refractivity contribution in [1.82, 2.24) is 5.32 Å². The largest absolute Gasteiger partial charge is 0.489 e. The van der Waals surface area contributed by atoms with Crippen LogP contribution < -0.4 is 10.1 Å². The Labute approximate surface area is 113 Å². The molecule has 1 aliphatic rings. The lowest BCUT2D eigenvalue weighted by atomic mass is 10.2. The first kappa shape index (κ1) is 14.6. The van der Waals surface area contributed by atoms with Gasteiger partial charge >= 0.3 is 12.1 Å². The molecule has 0 amide bonds. The summed E-state index contributed by atoms with van der Waals surface area (Å²) in [7, 11) is 1.28. The van der Waals surface area contributed by atoms with Gasteiger partial charge in [0.05, 0.1) is 12.7 Å². The summed E-state index contributed by atoms with van der Waals surface area (Å²) in [6.45, 7) is 0.385. The molecule has 0 radical (unpaired) electrons. The monoisotopic (exact) mass is 289 g/mol. The molecular formula is C13H14F3NO3. The van der Waals surface area contributed by atoms with E-state index in [1.807, 2.05) is 0 Å². The highest BCUT2D eigenvalue weighted by molar-refractivity contribution is 5.76. The van der Waals surface area contributed by atoms with Crippen LogP contribution in [0, 0.1) is 0 Å². The Hall–Kier alpha value is -1.76. The zero-order valence-electron chi connectivity index (χ0n) is 10.7. The van der Waals surface area contributed by atoms with Crippen molar-refractivity contribution in [2.24, 2.45) is 0 Å². The van der Waals surface area contributed by atoms with Crippen molar-refractivity contribution in [1.29, 1.82) is 0 Å². The molecule has 1 saturated heterocycles. The van der Waals surface area contributed by atoms with Gasteiger partial charge in [0.15, 0.2) is 0 Å². The number of nitrogens with one attached hydrogen (secondary N) is 1. The number of rotatable bonds is 3. The molecule has 0 bridgehead atoms. The van der Waals surface area contributed by atoms with Crippen molar-refractivity contribution >= 4 is 5.97 Å². The number of hydrogen-bond donors (Lipinski definition) is 1. The molecule has 0 spiro atoms. The van der Waals surface area contributed by atoms with Gasteiger partial charge in [-0.1, -0.05) is 6.07 Å². The number of carbonyl (C=O) groups is 1. The molecule has 4 nitrogen and oxygen atoms in total. The second-order valence-electron chi connectivity index (χ2n) is 4.49. The normalized spacial score (nSPS) is 22.6. The Kier molecular flexibility index (Phi) is 4.17. The molecule has 1 fully saturated rings. The van der Waals surface area contributed by atoms with Gasteiger partial charge in [-0.05, 0) is 18.2 Å². The van der Waals surface area contributed by atoms with Crippen molar-refractivity contribution in [3.8, 4) is 5.75 Å². The first-order chi connectivity index (χ1) is 9.40. The van der Waals surface area contributed by atoms with E-state index in [-0.39, 0.29) is 11.9 Å². The summed E-state index contributed by atoms with van der Waals surface area (Å²) in [6.07, 6.45) is -4.40. The van der Waals surface area contributed by atoms with Crippen LogP contribution in [-0.2, 0) is 15.7 Å². The van der Waals surface area contributed by atoms with Crippen LogP contribution in [0.15, 0.2) is 24.3 Å². The summed E-state index contributed by atoms with van der Waals surface area (Å²) in [6, 6.07) is 4.21. The lowest BCUT2D eigenvalue weighted by molar-refractivity contribution is -0.142. The van der Waals surface area contributed by atoms with Gasteiger partial charge in [-0.3, -0.25) is 4.79 Å². The minimum Gasteiger partial charge on any atom is -0.489 e. The maximum atomic E-state index is 12.6. The van der Waals surface area contributed by atoms with Crippen LogP contribution in [0.25, 0.3) is 0 Å². The standard InChI is InChI=1S/C13H14F3NO3/c1-19-12(18)11-6-10(7-17-11)20-9-4-2-3-8(5-9)13(14,15)16/h2-5,10-11,17H,6-7H2,1H3/t10-,11-/m0/s1. The number of ether oxygens (including phenoxy) is 2. The van der Waals surface area contributed by atoms with E-state index in [0.29, 0.717) is 13.0 Å². The van der Waals surface area contributed by atoms with Crippen LogP contribution in [0.3, 0.4) is 0 Å². The maximum absolute atomic E-state index is 12.6. The summed E-state index contributed by atoms with van der Waals surface area (Å²) in [4.78, 5) is 11.3. The van der Waals surface area contributed by atoms with E-state index in [0.717, 1.165) is 12.1 Å². The highest BCUT2D eigenvalue weighted by Crippen LogP contribution is 2.31. The Morgan fingerprint density at radius 1 is 1.40 bits per heavy atom. The fraction of sp³-hybridized carbons (Fsp3) is 0.462. The number of hydrogen-bond acceptors (Lipinski definition) is 4. The number of halogens is 3. The average molecular weight is 289 g/mol. The molecule has 7 heteroatoms. The lowest BCUT2D eigenvalue weighted by Gasteiger charge is -2.14. The smallest absolute Gasteiger partial charge is 0.416 e. The molecule has 0 aliphatic carbocycles. The zero-order valence-corrected chi connectivity index (χ0v) is 10.7. The van der Waals surface area contributed by atoms with E-state index in [1.165, 1.54) is 19.2 Å². The van der Waals surface area contributed by atoms with Crippen molar-refractivity contribution < 1.29 is 27.4 Å². The van der Waals surface area contributed by atoms with Gasteiger partial charge in [0.2, 0.25) is 0 Å². The Bertz CT molecular complexity index is 490. The summed E-state index contributed by atoms with van der Waals surface area (Å²) in [5.41, 5.74) is -0.759. The fourth-order valence-electron chi connectivity index (χ4n) is 2.05. The Morgan fingerprint density at radius 2 is 2.15 bits per heavy atom. The summed E-state index contributed by atoms with van der Waals surface area (Å²) in [5.74, 6) is -0.266. The van der Waals surface area contributed by atoms with E-state index >= 15 is 0 Å². The van der Waals surface area contributed by atoms with E-state index in [9.17, 15) is 18.0 Å². The third-order valence-corrected chi connectivity index (χ3v) is 3.04. The summed E-state index contributed by atoms with van der Waals surface area (Å²) < 4.78 is 47.8. The van der Waals surface area contributed by atoms with Crippen molar-refractivity contribution in [3.05, 3.63) is 29.8 Å². The predicted molar refractivity (Wildman–Crippen MR) is 64.3 cm³/mol. The number of alkyl halides is 3. The van der Waals surface area contributed by atoms with Crippen LogP contribution in [0.1, 0.15) is 12.0 Å². The van der Waals surface area contributed by atoms with E-state index in [4.69, 9.17) is 4.74 Å². The highest BCUT2D eigenvalue weighted by Gasteiger charge is 2.33. The third-order valence-electron chi connectivity index (χ3n) is 3.04. The molecule has 0 unspecified atom stereocenters. The van der Waals surface area contributed by atoms with Gasteiger partial charge in [-0.2, -0.15) is 13.2 Å². The van der Waals surface area contributed by atoms with E-state index in [2.05, 4.69) is 10.1 Å². The van der Waals surface area contributed by atoms with Gasteiger partial charge in [-0.15, -0.1) is 0 Å². The number of benzene rings is 1. The molecule has 110 valence electrons. The number of esters is 1. The molecule has 1 N–H and O–H groups in total. The van der Waals surface area contributed by atoms with Gasteiger partial charge in [0.25, 0.3) is 0 Å². The quantitative estimate of drug-likeness (QED) is 0.865. The zero-order chi connectivity index (χ0) is 14.8. The topological polar surface area (TPSA) is 47.6 Å². The molecule has 0 saturated carbocycles. The number of carbonyl (C=O) groups excluding carboxylic acids is 1. The minimum absolute atomic E-state index is 0.136. The lowest BCUT2D eigenvalue weighted by Crippen LogP contribution is -2.31. The van der Waals surface area contributed by atoms with Crippen molar-refractivity contribution in [2.75, 3.05) is 13.7 Å². The Morgan fingerprint density at radius 3 is 2.80 bits per heavy atom. The SMILES string of the molecule is COC(=O)[C@@H]1C[C@H](Oc2cccc(C(F)(F)F)c2)CN1. The molecule has 1 aliphatic heterocycles. The molecular weight excluding hydrogens is 275 g/mol. The third kappa shape index (κ3) is 3.41. The van der Waals surface area contributed by atoms with E-state index in [1.54, 1.807) is 0 Å². The van der Waals surface area contributed by atoms with Gasteiger partial charge in [0.1, 0.15) is 17.9 Å². The molecule has 1 aromatic rings. The summed E-state index contributed by atoms with van der Waals surface area (Å²) >= 11 is 0. The molecule has 1 heterocycles. The first-order valence-corrected chi connectivity index (χ1v) is 6.05. The van der Waals surface area contributed by atoms with Gasteiger partial charge in [0, 0.05) is 13.0 Å². The minimum atomic E-state index is -4.40. The van der Waals surface area contributed by atoms with Crippen molar-refractivity contribution in [2.45, 2.75) is 24.7 Å². The van der Waals surface area contributed by atoms with Crippen LogP contribution in [0.2, 0.25) is 0 Å². The van der Waals surface area contributed by atoms with E-state index < -0.39 is 23.8 Å². The molecule has 0 aromatic heterocycles. The van der Waals surface area contributed by atoms with Crippen LogP contribution in [0.4, 0.5) is 13.2 Å². The number of methoxy groups -OCH3 is 1. The summed E-state index contributed by atoms with van der Waals surface area (Å²) in [5, 5.41) is 2.90. The van der Waals surface area contributed by atoms with Crippen LogP contribution in [-0.4, -0.2) is 31.8 Å². The van der Waals surface area contributed by atoms with Crippen LogP contribution >= 0.6 is 0 Å². The molecule has 2 atom stereocenters. The second kappa shape index (κ2) is 5.70.